The molecule has 1 heterocycles. The van der Waals surface area contributed by atoms with Crippen molar-refractivity contribution in [2.45, 2.75) is 10.8 Å². The smallest absolute Gasteiger partial charge is 0.164 e. The first-order valence-electron chi connectivity index (χ1n) is 23.4. The van der Waals surface area contributed by atoms with E-state index in [9.17, 15) is 0 Å². The SMILES string of the molecule is c1ccc(-c2cccc(-c3nc(-c4cccc(-c5ccccc5)c4)nc(-c4ccc5c(c4)C4(c6ccccc6-c6ccccc64)c4ccccc4C54c5ccccc5-c5ccccc54)n3)c2)cc1. The first-order valence-corrected chi connectivity index (χ1v) is 23.4. The fourth-order valence-electron chi connectivity index (χ4n) is 12.1. The van der Waals surface area contributed by atoms with Crippen molar-refractivity contribution < 1.29 is 0 Å². The summed E-state index contributed by atoms with van der Waals surface area (Å²) in [6, 6.07) is 90.7. The molecule has 3 nitrogen and oxygen atoms in total. The van der Waals surface area contributed by atoms with Gasteiger partial charge in [-0.3, -0.25) is 0 Å². The number of nitrogens with zero attached hydrogens (tertiary/aromatic N) is 3. The van der Waals surface area contributed by atoms with E-state index in [4.69, 9.17) is 15.0 Å². The molecule has 0 bridgehead atoms. The molecule has 0 radical (unpaired) electrons. The average Bonchev–Trinajstić information content (AvgIpc) is 3.89. The van der Waals surface area contributed by atoms with Crippen molar-refractivity contribution in [1.29, 1.82) is 0 Å². The van der Waals surface area contributed by atoms with Crippen LogP contribution in [0.3, 0.4) is 0 Å². The van der Waals surface area contributed by atoms with Crippen molar-refractivity contribution in [3.63, 3.8) is 0 Å². The summed E-state index contributed by atoms with van der Waals surface area (Å²) in [5.41, 5.74) is 21.4. The Kier molecular flexibility index (Phi) is 8.41. The van der Waals surface area contributed by atoms with Crippen LogP contribution in [0.2, 0.25) is 0 Å². The number of fused-ring (bicyclic) bond motifs is 16. The molecule has 3 aliphatic carbocycles. The quantitative estimate of drug-likeness (QED) is 0.173. The van der Waals surface area contributed by atoms with Gasteiger partial charge in [-0.2, -0.15) is 0 Å². The lowest BCUT2D eigenvalue weighted by Crippen LogP contribution is -2.43. The van der Waals surface area contributed by atoms with Crippen LogP contribution in [0.5, 0.6) is 0 Å². The molecule has 11 aromatic rings. The lowest BCUT2D eigenvalue weighted by molar-refractivity contribution is 0.633. The molecule has 0 unspecified atom stereocenters. The zero-order valence-electron chi connectivity index (χ0n) is 37.0. The Bertz CT molecular complexity index is 3620. The van der Waals surface area contributed by atoms with Crippen LogP contribution in [0.15, 0.2) is 249 Å². The van der Waals surface area contributed by atoms with Gasteiger partial charge in [-0.05, 0) is 107 Å². The Hall–Kier alpha value is -8.79. The normalized spacial score (nSPS) is 13.8. The fourth-order valence-corrected chi connectivity index (χ4v) is 12.1. The fraction of sp³-hybridized carbons (Fsp3) is 0.0308. The van der Waals surface area contributed by atoms with Gasteiger partial charge in [0.25, 0.3) is 0 Å². The predicted octanol–water partition coefficient (Wildman–Crippen LogP) is 15.2. The van der Waals surface area contributed by atoms with E-state index in [0.717, 1.165) is 38.9 Å². The molecule has 1 aromatic heterocycles. The van der Waals surface area contributed by atoms with Crippen molar-refractivity contribution in [3.8, 4) is 78.7 Å². The van der Waals surface area contributed by atoms with E-state index in [-0.39, 0.29) is 0 Å². The average molecular weight is 864 g/mol. The third-order valence-electron chi connectivity index (χ3n) is 14.8. The van der Waals surface area contributed by atoms with Gasteiger partial charge in [0.05, 0.1) is 10.8 Å². The second-order valence-corrected chi connectivity index (χ2v) is 18.2. The van der Waals surface area contributed by atoms with Crippen LogP contribution < -0.4 is 0 Å². The number of benzene rings is 10. The minimum atomic E-state index is -0.639. The van der Waals surface area contributed by atoms with Crippen LogP contribution >= 0.6 is 0 Å². The zero-order valence-corrected chi connectivity index (χ0v) is 37.0. The molecule has 0 saturated heterocycles. The highest BCUT2D eigenvalue weighted by molar-refractivity contribution is 5.94. The molecule has 68 heavy (non-hydrogen) atoms. The third kappa shape index (κ3) is 5.39. The van der Waals surface area contributed by atoms with Gasteiger partial charge in [0.1, 0.15) is 0 Å². The van der Waals surface area contributed by atoms with Gasteiger partial charge >= 0.3 is 0 Å². The van der Waals surface area contributed by atoms with Crippen LogP contribution in [-0.2, 0) is 10.8 Å². The number of hydrogen-bond donors (Lipinski definition) is 0. The molecule has 3 aliphatic rings. The summed E-state index contributed by atoms with van der Waals surface area (Å²) < 4.78 is 0. The zero-order chi connectivity index (χ0) is 44.8. The molecule has 0 fully saturated rings. The van der Waals surface area contributed by atoms with Gasteiger partial charge < -0.3 is 0 Å². The van der Waals surface area contributed by atoms with Crippen LogP contribution in [0, 0.1) is 0 Å². The standard InChI is InChI=1S/C65H41N3/c1-3-19-42(20-4-1)44-23-17-25-46(39-44)61-66-62(47-26-18-24-45(40-47)43-21-5-2-6-22-43)68-63(67-61)48-37-38-59-60(41-48)65(55-33-13-9-29-51(55)52-30-10-14-34-56(52)65)58-36-16-15-35-57(58)64(59)53-31-11-7-27-49(53)50-28-8-12-32-54(50)64/h1-41H. The van der Waals surface area contributed by atoms with Crippen LogP contribution in [0.4, 0.5) is 0 Å². The molecular formula is C65H41N3. The third-order valence-corrected chi connectivity index (χ3v) is 14.8. The maximum Gasteiger partial charge on any atom is 0.164 e. The molecule has 14 rings (SSSR count). The first-order chi connectivity index (χ1) is 33.7. The van der Waals surface area contributed by atoms with Gasteiger partial charge in [0.15, 0.2) is 17.5 Å². The Balaban J connectivity index is 1.07. The number of aromatic nitrogens is 3. The summed E-state index contributed by atoms with van der Waals surface area (Å²) >= 11 is 0. The Labute approximate surface area is 395 Å². The molecule has 0 amide bonds. The summed E-state index contributed by atoms with van der Waals surface area (Å²) in [5, 5.41) is 0. The predicted molar refractivity (Wildman–Crippen MR) is 275 cm³/mol. The van der Waals surface area contributed by atoms with Gasteiger partial charge in [-0.25, -0.2) is 15.0 Å². The van der Waals surface area contributed by atoms with E-state index in [1.54, 1.807) is 0 Å². The highest BCUT2D eigenvalue weighted by atomic mass is 15.0. The van der Waals surface area contributed by atoms with E-state index in [2.05, 4.69) is 249 Å². The highest BCUT2D eigenvalue weighted by Gasteiger charge is 2.59. The maximum atomic E-state index is 5.45. The van der Waals surface area contributed by atoms with Crippen LogP contribution in [0.1, 0.15) is 44.5 Å². The Morgan fingerprint density at radius 3 is 0.897 bits per heavy atom. The lowest BCUT2D eigenvalue weighted by Gasteiger charge is -2.49. The monoisotopic (exact) mass is 863 g/mol. The molecule has 0 saturated carbocycles. The second kappa shape index (κ2) is 14.9. The van der Waals surface area contributed by atoms with Crippen LogP contribution in [0.25, 0.3) is 78.7 Å². The van der Waals surface area contributed by atoms with Crippen molar-refractivity contribution in [2.75, 3.05) is 0 Å². The molecule has 10 aromatic carbocycles. The summed E-state index contributed by atoms with van der Waals surface area (Å²) in [5.74, 6) is 1.87. The number of hydrogen-bond acceptors (Lipinski definition) is 3. The Morgan fingerprint density at radius 2 is 0.485 bits per heavy atom. The molecule has 0 N–H and O–H groups in total. The molecule has 3 heteroatoms. The lowest BCUT2D eigenvalue weighted by atomic mass is 9.52. The summed E-state index contributed by atoms with van der Waals surface area (Å²) in [4.78, 5) is 16.2. The maximum absolute atomic E-state index is 5.45. The summed E-state index contributed by atoms with van der Waals surface area (Å²) in [7, 11) is 0. The van der Waals surface area contributed by atoms with E-state index < -0.39 is 10.8 Å². The van der Waals surface area contributed by atoms with E-state index in [0.29, 0.717) is 17.5 Å². The minimum absolute atomic E-state index is 0.583. The summed E-state index contributed by atoms with van der Waals surface area (Å²) in [6.45, 7) is 0. The topological polar surface area (TPSA) is 38.7 Å². The molecule has 316 valence electrons. The van der Waals surface area contributed by atoms with Crippen molar-refractivity contribution in [3.05, 3.63) is 293 Å². The first kappa shape index (κ1) is 38.5. The molecule has 0 aliphatic heterocycles. The van der Waals surface area contributed by atoms with Gasteiger partial charge in [-0.15, -0.1) is 0 Å². The largest absolute Gasteiger partial charge is 0.208 e. The van der Waals surface area contributed by atoms with Gasteiger partial charge in [0.2, 0.25) is 0 Å². The van der Waals surface area contributed by atoms with E-state index in [1.165, 1.54) is 66.8 Å². The highest BCUT2D eigenvalue weighted by Crippen LogP contribution is 2.67. The molecule has 0 atom stereocenters. The van der Waals surface area contributed by atoms with Gasteiger partial charge in [-0.1, -0.05) is 231 Å². The van der Waals surface area contributed by atoms with Crippen LogP contribution in [-0.4, -0.2) is 15.0 Å². The number of rotatable bonds is 5. The molecular weight excluding hydrogens is 823 g/mol. The second-order valence-electron chi connectivity index (χ2n) is 18.2. The van der Waals surface area contributed by atoms with E-state index >= 15 is 0 Å². The van der Waals surface area contributed by atoms with Crippen molar-refractivity contribution in [1.82, 2.24) is 15.0 Å². The Morgan fingerprint density at radius 1 is 0.191 bits per heavy atom. The van der Waals surface area contributed by atoms with Crippen molar-refractivity contribution >= 4 is 0 Å². The van der Waals surface area contributed by atoms with Gasteiger partial charge in [0, 0.05) is 16.7 Å². The summed E-state index contributed by atoms with van der Waals surface area (Å²) in [6.07, 6.45) is 0. The minimum Gasteiger partial charge on any atom is -0.208 e. The van der Waals surface area contributed by atoms with E-state index in [1.807, 2.05) is 0 Å². The van der Waals surface area contributed by atoms with Crippen molar-refractivity contribution in [2.24, 2.45) is 0 Å². The molecule has 2 spiro atoms.